The van der Waals surface area contributed by atoms with E-state index in [2.05, 4.69) is 130 Å². The van der Waals surface area contributed by atoms with Gasteiger partial charge < -0.3 is 14.2 Å². The Balaban J connectivity index is 4.26. The molecule has 63 heavy (non-hydrogen) atoms. The number of ether oxygens (including phenoxy) is 3. The van der Waals surface area contributed by atoms with Crippen molar-refractivity contribution in [3.8, 4) is 0 Å². The first-order chi connectivity index (χ1) is 31.0. The maximum absolute atomic E-state index is 12.7. The Morgan fingerprint density at radius 3 is 0.984 bits per heavy atom. The standard InChI is InChI=1S/C57H92O6/c1-4-7-10-13-15-17-19-21-23-25-27-28-30-31-33-35-37-39-41-44-47-50-56(59)62-53-54(52-61-55(58)49-46-43-12-9-6-3)63-57(60)51-48-45-42-40-38-36-34-32-29-26-24-22-20-18-16-14-11-8-5-2/h7-8,10-11,15-18,21-24,27-29,32,36,38,54H,4-6,9,12-14,19-20,25-26,30-31,33-35,37,39-53H2,1-3H3/b10-7-,11-8-,17-15-,18-16-,23-21-,24-22-,28-27-,32-29-,38-36-. The number of unbranched alkanes of at least 4 members (excludes halogenated alkanes) is 15. The third-order valence-corrected chi connectivity index (χ3v) is 10.3. The summed E-state index contributed by atoms with van der Waals surface area (Å²) in [4.78, 5) is 37.7. The van der Waals surface area contributed by atoms with Crippen molar-refractivity contribution in [1.29, 1.82) is 0 Å². The zero-order chi connectivity index (χ0) is 45.8. The van der Waals surface area contributed by atoms with E-state index in [0.717, 1.165) is 141 Å². The molecular formula is C57H92O6. The molecule has 1 atom stereocenters. The first-order valence-electron chi connectivity index (χ1n) is 25.4. The van der Waals surface area contributed by atoms with Gasteiger partial charge in [0.15, 0.2) is 6.10 Å². The van der Waals surface area contributed by atoms with Crippen LogP contribution in [-0.4, -0.2) is 37.2 Å². The summed E-state index contributed by atoms with van der Waals surface area (Å²) >= 11 is 0. The number of esters is 3. The van der Waals surface area contributed by atoms with Crippen molar-refractivity contribution >= 4 is 17.9 Å². The lowest BCUT2D eigenvalue weighted by atomic mass is 10.1. The van der Waals surface area contributed by atoms with Crippen LogP contribution in [0.5, 0.6) is 0 Å². The molecule has 6 nitrogen and oxygen atoms in total. The van der Waals surface area contributed by atoms with E-state index in [9.17, 15) is 14.4 Å². The maximum Gasteiger partial charge on any atom is 0.306 e. The van der Waals surface area contributed by atoms with Crippen molar-refractivity contribution in [2.75, 3.05) is 13.2 Å². The van der Waals surface area contributed by atoms with Crippen molar-refractivity contribution in [2.45, 2.75) is 219 Å². The molecule has 0 aliphatic heterocycles. The largest absolute Gasteiger partial charge is 0.462 e. The van der Waals surface area contributed by atoms with Gasteiger partial charge in [0.2, 0.25) is 0 Å². The fourth-order valence-electron chi connectivity index (χ4n) is 6.52. The summed E-state index contributed by atoms with van der Waals surface area (Å²) < 4.78 is 16.6. The molecule has 0 aromatic heterocycles. The molecule has 0 bridgehead atoms. The Labute approximate surface area is 387 Å². The predicted molar refractivity (Wildman–Crippen MR) is 270 cm³/mol. The van der Waals surface area contributed by atoms with Crippen LogP contribution in [0.1, 0.15) is 213 Å². The zero-order valence-corrected chi connectivity index (χ0v) is 40.5. The highest BCUT2D eigenvalue weighted by Crippen LogP contribution is 2.13. The first-order valence-corrected chi connectivity index (χ1v) is 25.4. The van der Waals surface area contributed by atoms with Gasteiger partial charge in [-0.05, 0) is 103 Å². The highest BCUT2D eigenvalue weighted by atomic mass is 16.6. The van der Waals surface area contributed by atoms with E-state index in [1.165, 1.54) is 32.1 Å². The molecule has 0 saturated carbocycles. The molecular weight excluding hydrogens is 781 g/mol. The van der Waals surface area contributed by atoms with Gasteiger partial charge in [-0.1, -0.05) is 201 Å². The van der Waals surface area contributed by atoms with Crippen molar-refractivity contribution in [3.63, 3.8) is 0 Å². The average Bonchev–Trinajstić information content (AvgIpc) is 3.28. The second-order valence-corrected chi connectivity index (χ2v) is 16.3. The van der Waals surface area contributed by atoms with Gasteiger partial charge in [0, 0.05) is 19.3 Å². The van der Waals surface area contributed by atoms with Gasteiger partial charge in [-0.15, -0.1) is 0 Å². The Bertz CT molecular complexity index is 1330. The second-order valence-electron chi connectivity index (χ2n) is 16.3. The van der Waals surface area contributed by atoms with E-state index in [-0.39, 0.29) is 37.5 Å². The van der Waals surface area contributed by atoms with Crippen LogP contribution in [-0.2, 0) is 28.6 Å². The van der Waals surface area contributed by atoms with Crippen LogP contribution in [0.3, 0.4) is 0 Å². The minimum Gasteiger partial charge on any atom is -0.462 e. The molecule has 0 radical (unpaired) electrons. The molecule has 0 aliphatic rings. The lowest BCUT2D eigenvalue weighted by Crippen LogP contribution is -2.30. The number of hydrogen-bond donors (Lipinski definition) is 0. The molecule has 0 aliphatic carbocycles. The van der Waals surface area contributed by atoms with Crippen LogP contribution in [0, 0.1) is 0 Å². The van der Waals surface area contributed by atoms with Gasteiger partial charge in [-0.2, -0.15) is 0 Å². The zero-order valence-electron chi connectivity index (χ0n) is 40.5. The monoisotopic (exact) mass is 873 g/mol. The van der Waals surface area contributed by atoms with Crippen LogP contribution in [0.15, 0.2) is 109 Å². The Hall–Kier alpha value is -3.93. The van der Waals surface area contributed by atoms with E-state index in [1.807, 2.05) is 0 Å². The third kappa shape index (κ3) is 49.0. The smallest absolute Gasteiger partial charge is 0.306 e. The molecule has 0 aromatic rings. The van der Waals surface area contributed by atoms with E-state index < -0.39 is 6.10 Å². The van der Waals surface area contributed by atoms with Gasteiger partial charge in [0.1, 0.15) is 13.2 Å². The van der Waals surface area contributed by atoms with E-state index >= 15 is 0 Å². The Morgan fingerprint density at radius 2 is 0.619 bits per heavy atom. The predicted octanol–water partition coefficient (Wildman–Crippen LogP) is 16.8. The first kappa shape index (κ1) is 59.1. The fourth-order valence-corrected chi connectivity index (χ4v) is 6.52. The fraction of sp³-hybridized carbons (Fsp3) is 0.632. The maximum atomic E-state index is 12.7. The van der Waals surface area contributed by atoms with Crippen LogP contribution < -0.4 is 0 Å². The molecule has 6 heteroatoms. The number of allylic oxidation sites excluding steroid dienone is 18. The topological polar surface area (TPSA) is 78.9 Å². The molecule has 0 fully saturated rings. The highest BCUT2D eigenvalue weighted by Gasteiger charge is 2.19. The van der Waals surface area contributed by atoms with Crippen molar-refractivity contribution in [3.05, 3.63) is 109 Å². The average molecular weight is 873 g/mol. The van der Waals surface area contributed by atoms with Crippen LogP contribution in [0.2, 0.25) is 0 Å². The van der Waals surface area contributed by atoms with Crippen molar-refractivity contribution in [2.24, 2.45) is 0 Å². The molecule has 0 saturated heterocycles. The van der Waals surface area contributed by atoms with Gasteiger partial charge in [-0.3, -0.25) is 14.4 Å². The molecule has 0 aromatic carbocycles. The summed E-state index contributed by atoms with van der Waals surface area (Å²) in [6, 6.07) is 0. The molecule has 356 valence electrons. The minimum atomic E-state index is -0.797. The lowest BCUT2D eigenvalue weighted by Gasteiger charge is -2.18. The van der Waals surface area contributed by atoms with Crippen LogP contribution >= 0.6 is 0 Å². The van der Waals surface area contributed by atoms with E-state index in [0.29, 0.717) is 12.8 Å². The second kappa shape index (κ2) is 50.7. The van der Waals surface area contributed by atoms with E-state index in [1.54, 1.807) is 0 Å². The lowest BCUT2D eigenvalue weighted by molar-refractivity contribution is -0.167. The SMILES string of the molecule is CC/C=C\C/C=C\C/C=C\C/C=C\C/C=C\CCCCCC(=O)OC(COC(=O)CCCCCCC)COC(=O)CCCCCCCCCC/C=C\C/C=C\C/C=C\C/C=C\CC. The molecule has 0 amide bonds. The normalized spacial score (nSPS) is 13.0. The van der Waals surface area contributed by atoms with Gasteiger partial charge in [0.05, 0.1) is 0 Å². The minimum absolute atomic E-state index is 0.0969. The number of rotatable bonds is 44. The summed E-state index contributed by atoms with van der Waals surface area (Å²) in [5.74, 6) is -0.958. The quantitative estimate of drug-likeness (QED) is 0.0263. The molecule has 1 unspecified atom stereocenters. The Morgan fingerprint density at radius 1 is 0.333 bits per heavy atom. The number of carbonyl (C=O) groups is 3. The number of hydrogen-bond acceptors (Lipinski definition) is 6. The summed E-state index contributed by atoms with van der Waals surface area (Å²) in [5.41, 5.74) is 0. The summed E-state index contributed by atoms with van der Waals surface area (Å²) in [6.45, 7) is 6.28. The van der Waals surface area contributed by atoms with Gasteiger partial charge >= 0.3 is 17.9 Å². The van der Waals surface area contributed by atoms with Gasteiger partial charge in [0.25, 0.3) is 0 Å². The third-order valence-electron chi connectivity index (χ3n) is 10.3. The highest BCUT2D eigenvalue weighted by molar-refractivity contribution is 5.71. The molecule has 0 rings (SSSR count). The van der Waals surface area contributed by atoms with Crippen molar-refractivity contribution < 1.29 is 28.6 Å². The molecule has 0 N–H and O–H groups in total. The molecule has 0 heterocycles. The summed E-state index contributed by atoms with van der Waals surface area (Å²) in [5, 5.41) is 0. The van der Waals surface area contributed by atoms with E-state index in [4.69, 9.17) is 14.2 Å². The number of carbonyl (C=O) groups excluding carboxylic acids is 3. The van der Waals surface area contributed by atoms with Gasteiger partial charge in [-0.25, -0.2) is 0 Å². The van der Waals surface area contributed by atoms with Crippen LogP contribution in [0.25, 0.3) is 0 Å². The molecule has 0 spiro atoms. The summed E-state index contributed by atoms with van der Waals surface area (Å²) in [6.07, 6.45) is 68.2. The van der Waals surface area contributed by atoms with Crippen molar-refractivity contribution in [1.82, 2.24) is 0 Å². The summed E-state index contributed by atoms with van der Waals surface area (Å²) in [7, 11) is 0. The Kier molecular flexibility index (Phi) is 47.5. The van der Waals surface area contributed by atoms with Crippen LogP contribution in [0.4, 0.5) is 0 Å².